The van der Waals surface area contributed by atoms with E-state index in [1.807, 2.05) is 24.4 Å². The average molecular weight is 364 g/mol. The van der Waals surface area contributed by atoms with Crippen LogP contribution < -0.4 is 14.8 Å². The first-order chi connectivity index (χ1) is 13.2. The minimum atomic E-state index is -0.212. The molecule has 3 rings (SSSR count). The van der Waals surface area contributed by atoms with Crippen molar-refractivity contribution in [2.24, 2.45) is 0 Å². The molecule has 2 aromatic heterocycles. The van der Waals surface area contributed by atoms with Crippen molar-refractivity contribution in [2.45, 2.75) is 6.54 Å². The molecule has 1 N–H and O–H groups in total. The van der Waals surface area contributed by atoms with E-state index in [1.165, 1.54) is 6.08 Å². The number of methoxy groups -OCH3 is 2. The van der Waals surface area contributed by atoms with Crippen molar-refractivity contribution in [1.82, 2.24) is 20.1 Å². The second-order valence-corrected chi connectivity index (χ2v) is 5.63. The largest absolute Gasteiger partial charge is 0.497 e. The van der Waals surface area contributed by atoms with Crippen LogP contribution in [0.25, 0.3) is 11.9 Å². The van der Waals surface area contributed by atoms with Crippen LogP contribution in [0.2, 0.25) is 0 Å². The van der Waals surface area contributed by atoms with Crippen LogP contribution in [0.4, 0.5) is 0 Å². The van der Waals surface area contributed by atoms with Crippen molar-refractivity contribution in [3.8, 4) is 17.3 Å². The predicted octanol–water partition coefficient (Wildman–Crippen LogP) is 2.61. The van der Waals surface area contributed by atoms with Gasteiger partial charge in [-0.15, -0.1) is 0 Å². The molecule has 0 fully saturated rings. The Kier molecular flexibility index (Phi) is 5.84. The maximum Gasteiger partial charge on any atom is 0.244 e. The zero-order chi connectivity index (χ0) is 19.1. The maximum atomic E-state index is 12.1. The van der Waals surface area contributed by atoms with E-state index in [4.69, 9.17) is 9.47 Å². The van der Waals surface area contributed by atoms with Crippen molar-refractivity contribution in [2.75, 3.05) is 14.2 Å². The van der Waals surface area contributed by atoms with Gasteiger partial charge in [0, 0.05) is 36.8 Å². The molecule has 0 atom stereocenters. The summed E-state index contributed by atoms with van der Waals surface area (Å²) in [6.45, 7) is 0.380. The Morgan fingerprint density at radius 3 is 2.78 bits per heavy atom. The Balaban J connectivity index is 1.59. The van der Waals surface area contributed by atoms with E-state index < -0.39 is 0 Å². The predicted molar refractivity (Wildman–Crippen MR) is 102 cm³/mol. The SMILES string of the molecule is COc1ccc(OC)c(C=CC(=O)NCc2ccc(-n3cccn3)nc2)c1. The van der Waals surface area contributed by atoms with Crippen LogP contribution in [0.3, 0.4) is 0 Å². The van der Waals surface area contributed by atoms with E-state index in [0.29, 0.717) is 18.0 Å². The molecule has 0 spiro atoms. The van der Waals surface area contributed by atoms with Gasteiger partial charge in [0.25, 0.3) is 0 Å². The molecule has 27 heavy (non-hydrogen) atoms. The topological polar surface area (TPSA) is 78.3 Å². The van der Waals surface area contributed by atoms with Crippen molar-refractivity contribution < 1.29 is 14.3 Å². The average Bonchev–Trinajstić information content (AvgIpc) is 3.25. The Morgan fingerprint density at radius 1 is 1.22 bits per heavy atom. The molecule has 0 unspecified atom stereocenters. The molecule has 0 saturated heterocycles. The lowest BCUT2D eigenvalue weighted by atomic mass is 10.1. The summed E-state index contributed by atoms with van der Waals surface area (Å²) in [5.41, 5.74) is 1.66. The molecule has 0 radical (unpaired) electrons. The van der Waals surface area contributed by atoms with Gasteiger partial charge in [-0.3, -0.25) is 4.79 Å². The summed E-state index contributed by atoms with van der Waals surface area (Å²) < 4.78 is 12.2. The van der Waals surface area contributed by atoms with Crippen molar-refractivity contribution in [3.05, 3.63) is 72.2 Å². The van der Waals surface area contributed by atoms with Gasteiger partial charge in [-0.1, -0.05) is 6.07 Å². The van der Waals surface area contributed by atoms with Crippen LogP contribution in [-0.4, -0.2) is 34.9 Å². The summed E-state index contributed by atoms with van der Waals surface area (Å²) in [6, 6.07) is 11.0. The Bertz CT molecular complexity index is 919. The lowest BCUT2D eigenvalue weighted by molar-refractivity contribution is -0.116. The molecule has 1 aromatic carbocycles. The van der Waals surface area contributed by atoms with Crippen molar-refractivity contribution >= 4 is 12.0 Å². The fourth-order valence-electron chi connectivity index (χ4n) is 2.44. The van der Waals surface area contributed by atoms with E-state index >= 15 is 0 Å². The summed E-state index contributed by atoms with van der Waals surface area (Å²) in [5.74, 6) is 1.87. The first kappa shape index (κ1) is 18.2. The van der Waals surface area contributed by atoms with E-state index in [9.17, 15) is 4.79 Å². The number of aromatic nitrogens is 3. The second kappa shape index (κ2) is 8.66. The highest BCUT2D eigenvalue weighted by molar-refractivity contribution is 5.92. The lowest BCUT2D eigenvalue weighted by Crippen LogP contribution is -2.20. The summed E-state index contributed by atoms with van der Waals surface area (Å²) in [7, 11) is 3.17. The highest BCUT2D eigenvalue weighted by Crippen LogP contribution is 2.24. The third kappa shape index (κ3) is 4.72. The van der Waals surface area contributed by atoms with Crippen LogP contribution in [0.5, 0.6) is 11.5 Å². The summed E-state index contributed by atoms with van der Waals surface area (Å²) in [6.07, 6.45) is 8.38. The van der Waals surface area contributed by atoms with Crippen LogP contribution in [0.1, 0.15) is 11.1 Å². The van der Waals surface area contributed by atoms with Gasteiger partial charge < -0.3 is 14.8 Å². The molecule has 0 aliphatic carbocycles. The maximum absolute atomic E-state index is 12.1. The molecule has 3 aromatic rings. The van der Waals surface area contributed by atoms with E-state index in [0.717, 1.165) is 16.9 Å². The zero-order valence-corrected chi connectivity index (χ0v) is 15.1. The number of pyridine rings is 1. The number of rotatable bonds is 7. The van der Waals surface area contributed by atoms with Crippen molar-refractivity contribution in [3.63, 3.8) is 0 Å². The van der Waals surface area contributed by atoms with Crippen LogP contribution in [-0.2, 0) is 11.3 Å². The Morgan fingerprint density at radius 2 is 2.11 bits per heavy atom. The second-order valence-electron chi connectivity index (χ2n) is 5.63. The zero-order valence-electron chi connectivity index (χ0n) is 15.1. The Hall–Kier alpha value is -3.61. The number of ether oxygens (including phenoxy) is 2. The molecule has 0 aliphatic heterocycles. The number of carbonyl (C=O) groups excluding carboxylic acids is 1. The quantitative estimate of drug-likeness (QED) is 0.652. The smallest absolute Gasteiger partial charge is 0.244 e. The van der Waals surface area contributed by atoms with Crippen LogP contribution in [0, 0.1) is 0 Å². The number of carbonyl (C=O) groups is 1. The van der Waals surface area contributed by atoms with Gasteiger partial charge in [0.2, 0.25) is 5.91 Å². The molecule has 1 amide bonds. The number of benzene rings is 1. The molecule has 0 aliphatic rings. The highest BCUT2D eigenvalue weighted by atomic mass is 16.5. The van der Waals surface area contributed by atoms with Gasteiger partial charge in [0.15, 0.2) is 5.82 Å². The molecule has 138 valence electrons. The lowest BCUT2D eigenvalue weighted by Gasteiger charge is -2.07. The first-order valence-corrected chi connectivity index (χ1v) is 8.32. The fourth-order valence-corrected chi connectivity index (χ4v) is 2.44. The van der Waals surface area contributed by atoms with Crippen molar-refractivity contribution in [1.29, 1.82) is 0 Å². The first-order valence-electron chi connectivity index (χ1n) is 8.32. The molecule has 0 bridgehead atoms. The van der Waals surface area contributed by atoms with Gasteiger partial charge in [0.1, 0.15) is 11.5 Å². The molecular formula is C20H20N4O3. The molecule has 7 heteroatoms. The minimum Gasteiger partial charge on any atom is -0.497 e. The standard InChI is InChI=1S/C20H20N4O3/c1-26-17-6-7-18(27-2)16(12-17)5-9-20(25)22-14-15-4-8-19(21-13-15)24-11-3-10-23-24/h3-13H,14H2,1-2H3,(H,22,25). The number of nitrogens with one attached hydrogen (secondary N) is 1. The molecular weight excluding hydrogens is 344 g/mol. The highest BCUT2D eigenvalue weighted by Gasteiger charge is 2.04. The van der Waals surface area contributed by atoms with Gasteiger partial charge >= 0.3 is 0 Å². The number of nitrogens with zero attached hydrogens (tertiary/aromatic N) is 3. The normalized spacial score (nSPS) is 10.7. The summed E-state index contributed by atoms with van der Waals surface area (Å²) in [5, 5.41) is 6.96. The monoisotopic (exact) mass is 364 g/mol. The Labute approximate surface area is 157 Å². The van der Waals surface area contributed by atoms with Gasteiger partial charge in [-0.2, -0.15) is 5.10 Å². The van der Waals surface area contributed by atoms with Gasteiger partial charge in [0.05, 0.1) is 14.2 Å². The number of hydrogen-bond acceptors (Lipinski definition) is 5. The molecule has 0 saturated carbocycles. The number of amides is 1. The van der Waals surface area contributed by atoms with Crippen LogP contribution >= 0.6 is 0 Å². The molecule has 7 nitrogen and oxygen atoms in total. The van der Waals surface area contributed by atoms with Gasteiger partial charge in [-0.25, -0.2) is 9.67 Å². The third-order valence-corrected chi connectivity index (χ3v) is 3.87. The minimum absolute atomic E-state index is 0.212. The summed E-state index contributed by atoms with van der Waals surface area (Å²) in [4.78, 5) is 16.4. The summed E-state index contributed by atoms with van der Waals surface area (Å²) >= 11 is 0. The molecule has 2 heterocycles. The van der Waals surface area contributed by atoms with E-state index in [-0.39, 0.29) is 5.91 Å². The van der Waals surface area contributed by atoms with Gasteiger partial charge in [-0.05, 0) is 42.0 Å². The number of hydrogen-bond donors (Lipinski definition) is 1. The fraction of sp³-hybridized carbons (Fsp3) is 0.150. The van der Waals surface area contributed by atoms with E-state index in [1.54, 1.807) is 55.6 Å². The van der Waals surface area contributed by atoms with Crippen LogP contribution in [0.15, 0.2) is 61.1 Å². The third-order valence-electron chi connectivity index (χ3n) is 3.87. The van der Waals surface area contributed by atoms with E-state index in [2.05, 4.69) is 15.4 Å².